The van der Waals surface area contributed by atoms with E-state index in [2.05, 4.69) is 47.7 Å². The molecule has 0 aromatic rings. The summed E-state index contributed by atoms with van der Waals surface area (Å²) in [6.07, 6.45) is 0. The number of hydrogen-bond acceptors (Lipinski definition) is 1. The first-order chi connectivity index (χ1) is 5.23. The van der Waals surface area contributed by atoms with Crippen LogP contribution in [-0.4, -0.2) is 20.4 Å². The van der Waals surface area contributed by atoms with Gasteiger partial charge in [-0.2, -0.15) is 0 Å². The van der Waals surface area contributed by atoms with Crippen LogP contribution in [0.3, 0.4) is 0 Å². The van der Waals surface area contributed by atoms with E-state index in [9.17, 15) is 0 Å². The van der Waals surface area contributed by atoms with Crippen molar-refractivity contribution in [2.45, 2.75) is 58.5 Å². The predicted molar refractivity (Wildman–Crippen MR) is 58.3 cm³/mol. The van der Waals surface area contributed by atoms with E-state index in [-0.39, 0.29) is 0 Å². The van der Waals surface area contributed by atoms with Gasteiger partial charge in [0.25, 0.3) is 0 Å². The molecule has 74 valence electrons. The Bertz CT molecular complexity index is 135. The summed E-state index contributed by atoms with van der Waals surface area (Å²) in [5, 5.41) is 0.432. The Morgan fingerprint density at radius 3 is 1.92 bits per heavy atom. The lowest BCUT2D eigenvalue weighted by Crippen LogP contribution is -2.49. The van der Waals surface area contributed by atoms with Crippen LogP contribution in [0.5, 0.6) is 0 Å². The highest BCUT2D eigenvalue weighted by molar-refractivity contribution is 6.81. The van der Waals surface area contributed by atoms with E-state index in [0.29, 0.717) is 10.8 Å². The Morgan fingerprint density at radius 2 is 1.67 bits per heavy atom. The smallest absolute Gasteiger partial charge is 0.0864 e. The second kappa shape index (κ2) is 3.92. The van der Waals surface area contributed by atoms with Crippen LogP contribution in [0.15, 0.2) is 0 Å². The molecule has 0 aromatic carbocycles. The molecule has 1 unspecified atom stereocenters. The van der Waals surface area contributed by atoms with Crippen LogP contribution in [0.1, 0.15) is 34.6 Å². The van der Waals surface area contributed by atoms with Gasteiger partial charge in [-0.3, -0.25) is 0 Å². The second-order valence-corrected chi connectivity index (χ2v) is 10.8. The van der Waals surface area contributed by atoms with Gasteiger partial charge in [0.05, 0.1) is 8.07 Å². The zero-order valence-corrected chi connectivity index (χ0v) is 10.7. The fourth-order valence-corrected chi connectivity index (χ4v) is 2.87. The Kier molecular flexibility index (Phi) is 3.98. The lowest BCUT2D eigenvalue weighted by Gasteiger charge is -2.41. The van der Waals surface area contributed by atoms with Gasteiger partial charge in [0.15, 0.2) is 0 Å². The molecule has 2 heteroatoms. The number of ether oxygens (including phenoxy) is 1. The van der Waals surface area contributed by atoms with Crippen molar-refractivity contribution >= 4 is 8.07 Å². The van der Waals surface area contributed by atoms with Gasteiger partial charge in [0, 0.05) is 12.3 Å². The second-order valence-electron chi connectivity index (χ2n) is 5.07. The van der Waals surface area contributed by atoms with Crippen molar-refractivity contribution in [3.05, 3.63) is 0 Å². The summed E-state index contributed by atoms with van der Waals surface area (Å²) >= 11 is 0. The predicted octanol–water partition coefficient (Wildman–Crippen LogP) is 3.46. The normalized spacial score (nSPS) is 16.2. The number of rotatable bonds is 3. The van der Waals surface area contributed by atoms with E-state index in [1.54, 1.807) is 0 Å². The molecule has 0 amide bonds. The third-order valence-corrected chi connectivity index (χ3v) is 9.43. The van der Waals surface area contributed by atoms with Crippen molar-refractivity contribution in [2.75, 3.05) is 6.61 Å². The van der Waals surface area contributed by atoms with Gasteiger partial charge in [-0.05, 0) is 18.9 Å². The molecule has 0 aliphatic carbocycles. The summed E-state index contributed by atoms with van der Waals surface area (Å²) in [7, 11) is -1.25. The van der Waals surface area contributed by atoms with Crippen LogP contribution >= 0.6 is 0 Å². The topological polar surface area (TPSA) is 9.23 Å². The SMILES string of the molecule is CCOC(C)[Si](C)(C)C(C)(C)C. The Hall–Kier alpha value is 0.177. The first-order valence-corrected chi connectivity index (χ1v) is 7.92. The van der Waals surface area contributed by atoms with Crippen molar-refractivity contribution in [1.82, 2.24) is 0 Å². The molecule has 0 aliphatic heterocycles. The van der Waals surface area contributed by atoms with Gasteiger partial charge in [-0.15, -0.1) is 0 Å². The summed E-state index contributed by atoms with van der Waals surface area (Å²) in [5.41, 5.74) is 0.461. The lowest BCUT2D eigenvalue weighted by atomic mass is 10.2. The maximum atomic E-state index is 5.69. The Balaban J connectivity index is 4.38. The van der Waals surface area contributed by atoms with E-state index in [4.69, 9.17) is 4.74 Å². The average molecular weight is 188 g/mol. The lowest BCUT2D eigenvalue weighted by molar-refractivity contribution is 0.121. The van der Waals surface area contributed by atoms with Gasteiger partial charge in [0.1, 0.15) is 0 Å². The van der Waals surface area contributed by atoms with Crippen molar-refractivity contribution < 1.29 is 4.74 Å². The summed E-state index contributed by atoms with van der Waals surface area (Å²) in [6, 6.07) is 0. The highest BCUT2D eigenvalue weighted by atomic mass is 28.3. The van der Waals surface area contributed by atoms with Gasteiger partial charge >= 0.3 is 0 Å². The van der Waals surface area contributed by atoms with Crippen molar-refractivity contribution in [3.8, 4) is 0 Å². The molecule has 0 aromatic heterocycles. The fourth-order valence-electron chi connectivity index (χ4n) is 1.07. The molecule has 0 bridgehead atoms. The van der Waals surface area contributed by atoms with Crippen LogP contribution in [-0.2, 0) is 4.74 Å². The zero-order valence-electron chi connectivity index (χ0n) is 9.69. The molecule has 0 spiro atoms. The molecule has 0 rings (SSSR count). The van der Waals surface area contributed by atoms with Crippen LogP contribution in [0.25, 0.3) is 0 Å². The maximum absolute atomic E-state index is 5.69. The molecular weight excluding hydrogens is 164 g/mol. The minimum Gasteiger partial charge on any atom is -0.382 e. The van der Waals surface area contributed by atoms with E-state index < -0.39 is 8.07 Å². The summed E-state index contributed by atoms with van der Waals surface area (Å²) in [6.45, 7) is 16.9. The molecule has 1 nitrogen and oxygen atoms in total. The molecule has 0 heterocycles. The standard InChI is InChI=1S/C10H24OSi/c1-8-11-9(2)12(6,7)10(3,4)5/h9H,8H2,1-7H3. The summed E-state index contributed by atoms with van der Waals surface area (Å²) < 4.78 is 5.69. The van der Waals surface area contributed by atoms with Gasteiger partial charge in [0.2, 0.25) is 0 Å². The zero-order chi connectivity index (χ0) is 9.99. The van der Waals surface area contributed by atoms with Crippen molar-refractivity contribution in [2.24, 2.45) is 0 Å². The van der Waals surface area contributed by atoms with E-state index >= 15 is 0 Å². The average Bonchev–Trinajstić information content (AvgIpc) is 1.85. The van der Waals surface area contributed by atoms with Crippen LogP contribution in [0, 0.1) is 0 Å². The highest BCUT2D eigenvalue weighted by Crippen LogP contribution is 2.38. The quantitative estimate of drug-likeness (QED) is 0.616. The molecule has 0 aliphatic rings. The fraction of sp³-hybridized carbons (Fsp3) is 1.00. The van der Waals surface area contributed by atoms with Gasteiger partial charge in [-0.1, -0.05) is 33.9 Å². The van der Waals surface area contributed by atoms with Crippen molar-refractivity contribution in [1.29, 1.82) is 0 Å². The molecule has 0 saturated heterocycles. The van der Waals surface area contributed by atoms with E-state index in [1.807, 2.05) is 0 Å². The highest BCUT2D eigenvalue weighted by Gasteiger charge is 2.40. The first kappa shape index (κ1) is 12.2. The van der Waals surface area contributed by atoms with Crippen LogP contribution in [0.2, 0.25) is 18.1 Å². The van der Waals surface area contributed by atoms with E-state index in [0.717, 1.165) is 6.61 Å². The monoisotopic (exact) mass is 188 g/mol. The molecular formula is C10H24OSi. The first-order valence-electron chi connectivity index (χ1n) is 4.85. The van der Waals surface area contributed by atoms with Crippen LogP contribution in [0.4, 0.5) is 0 Å². The maximum Gasteiger partial charge on any atom is 0.0864 e. The summed E-state index contributed by atoms with van der Waals surface area (Å²) in [4.78, 5) is 0. The largest absolute Gasteiger partial charge is 0.382 e. The molecule has 0 radical (unpaired) electrons. The molecule has 12 heavy (non-hydrogen) atoms. The Labute approximate surface area is 78.5 Å². The third kappa shape index (κ3) is 2.59. The third-order valence-electron chi connectivity index (χ3n) is 3.37. The molecule has 0 fully saturated rings. The van der Waals surface area contributed by atoms with Gasteiger partial charge < -0.3 is 4.74 Å². The minimum absolute atomic E-state index is 0.432. The molecule has 0 N–H and O–H groups in total. The Morgan fingerprint density at radius 1 is 1.25 bits per heavy atom. The molecule has 1 atom stereocenters. The minimum atomic E-state index is -1.25. The van der Waals surface area contributed by atoms with Crippen molar-refractivity contribution in [3.63, 3.8) is 0 Å². The summed E-state index contributed by atoms with van der Waals surface area (Å²) in [5.74, 6) is 0. The van der Waals surface area contributed by atoms with Gasteiger partial charge in [-0.25, -0.2) is 0 Å². The molecule has 0 saturated carbocycles. The van der Waals surface area contributed by atoms with Crippen LogP contribution < -0.4 is 0 Å². The number of hydrogen-bond donors (Lipinski definition) is 0. The van der Waals surface area contributed by atoms with E-state index in [1.165, 1.54) is 0 Å².